The standard InChI is InChI=1S/C26H24F7N2O2P/c27-24(28)37-20-13-9-17(14-21(20)38-25(29)30)19(35-22(23(34)36)16-4-2-1-3-5-16)12-8-15-6-10-18(11-7-15)26(31,32)33/h1-7,9-11,13-14,19,22,24-25,35,38H,8,12H2,(H2,34,36). The first-order valence-corrected chi connectivity index (χ1v) is 12.4. The van der Waals surface area contributed by atoms with E-state index in [9.17, 15) is 35.5 Å². The smallest absolute Gasteiger partial charge is 0.416 e. The number of halogens is 7. The number of nitrogens with two attached hydrogens (primary N) is 1. The summed E-state index contributed by atoms with van der Waals surface area (Å²) >= 11 is 0. The van der Waals surface area contributed by atoms with Crippen molar-refractivity contribution in [1.82, 2.24) is 5.32 Å². The highest BCUT2D eigenvalue weighted by Gasteiger charge is 2.30. The number of hydrogen-bond donors (Lipinski definition) is 2. The maximum Gasteiger partial charge on any atom is 0.416 e. The van der Waals surface area contributed by atoms with Gasteiger partial charge in [-0.1, -0.05) is 48.5 Å². The lowest BCUT2D eigenvalue weighted by Gasteiger charge is -2.26. The zero-order valence-electron chi connectivity index (χ0n) is 19.7. The lowest BCUT2D eigenvalue weighted by atomic mass is 9.96. The Balaban J connectivity index is 1.95. The third-order valence-corrected chi connectivity index (χ3v) is 6.59. The van der Waals surface area contributed by atoms with E-state index in [2.05, 4.69) is 10.1 Å². The van der Waals surface area contributed by atoms with Crippen LogP contribution in [0.1, 0.15) is 40.8 Å². The molecule has 3 aromatic carbocycles. The second-order valence-corrected chi connectivity index (χ2v) is 9.54. The Morgan fingerprint density at radius 1 is 0.921 bits per heavy atom. The van der Waals surface area contributed by atoms with E-state index < -0.39 is 56.8 Å². The van der Waals surface area contributed by atoms with Gasteiger partial charge in [-0.2, -0.15) is 22.0 Å². The highest BCUT2D eigenvalue weighted by atomic mass is 31.1. The lowest BCUT2D eigenvalue weighted by molar-refractivity contribution is -0.137. The highest BCUT2D eigenvalue weighted by molar-refractivity contribution is 7.47. The van der Waals surface area contributed by atoms with Gasteiger partial charge >= 0.3 is 12.8 Å². The van der Waals surface area contributed by atoms with Gasteiger partial charge in [0.05, 0.1) is 5.56 Å². The minimum absolute atomic E-state index is 0.130. The Kier molecular flexibility index (Phi) is 10.1. The third-order valence-electron chi connectivity index (χ3n) is 5.67. The number of rotatable bonds is 12. The molecule has 1 amide bonds. The number of aryl methyl sites for hydroxylation is 1. The molecule has 0 aliphatic rings. The molecule has 204 valence electrons. The molecular weight excluding hydrogens is 536 g/mol. The monoisotopic (exact) mass is 560 g/mol. The van der Waals surface area contributed by atoms with Crippen LogP contribution in [-0.4, -0.2) is 18.7 Å². The summed E-state index contributed by atoms with van der Waals surface area (Å²) in [7, 11) is -1.14. The van der Waals surface area contributed by atoms with Gasteiger partial charge < -0.3 is 10.5 Å². The van der Waals surface area contributed by atoms with Gasteiger partial charge in [-0.05, 0) is 62.4 Å². The van der Waals surface area contributed by atoms with Crippen LogP contribution >= 0.6 is 8.58 Å². The van der Waals surface area contributed by atoms with Crippen LogP contribution < -0.4 is 21.1 Å². The summed E-state index contributed by atoms with van der Waals surface area (Å²) in [5.74, 6) is -1.11. The summed E-state index contributed by atoms with van der Waals surface area (Å²) in [5, 5.41) is 2.97. The van der Waals surface area contributed by atoms with E-state index in [4.69, 9.17) is 5.73 Å². The second kappa shape index (κ2) is 13.1. The summed E-state index contributed by atoms with van der Waals surface area (Å²) < 4.78 is 95.2. The van der Waals surface area contributed by atoms with Gasteiger partial charge in [0.2, 0.25) is 5.91 Å². The molecular formula is C26H24F7N2O2P. The molecule has 0 fully saturated rings. The van der Waals surface area contributed by atoms with Crippen LogP contribution in [0.4, 0.5) is 30.7 Å². The molecule has 0 saturated heterocycles. The first kappa shape index (κ1) is 29.4. The number of hydrogen-bond acceptors (Lipinski definition) is 3. The molecule has 0 radical (unpaired) electrons. The Labute approximate surface area is 216 Å². The fourth-order valence-corrected chi connectivity index (χ4v) is 4.67. The lowest BCUT2D eigenvalue weighted by Crippen LogP contribution is -2.36. The van der Waals surface area contributed by atoms with Gasteiger partial charge in [-0.15, -0.1) is 0 Å². The molecule has 0 saturated carbocycles. The number of primary amides is 1. The van der Waals surface area contributed by atoms with Gasteiger partial charge in [0.15, 0.2) is 0 Å². The fraction of sp³-hybridized carbons (Fsp3) is 0.269. The average Bonchev–Trinajstić information content (AvgIpc) is 2.85. The quantitative estimate of drug-likeness (QED) is 0.201. The first-order valence-electron chi connectivity index (χ1n) is 11.3. The van der Waals surface area contributed by atoms with Crippen molar-refractivity contribution >= 4 is 19.8 Å². The maximum absolute atomic E-state index is 13.2. The third kappa shape index (κ3) is 8.43. The first-order chi connectivity index (χ1) is 17.9. The Bertz CT molecular complexity index is 1190. The van der Waals surface area contributed by atoms with Crippen LogP contribution in [0.2, 0.25) is 0 Å². The Morgan fingerprint density at radius 2 is 1.58 bits per heavy atom. The van der Waals surface area contributed by atoms with E-state index in [-0.39, 0.29) is 18.1 Å². The number of alkyl halides is 7. The molecule has 12 heteroatoms. The van der Waals surface area contributed by atoms with E-state index in [0.717, 1.165) is 18.2 Å². The number of nitrogens with one attached hydrogen (secondary N) is 1. The minimum atomic E-state index is -4.49. The van der Waals surface area contributed by atoms with Crippen molar-refractivity contribution in [3.05, 3.63) is 95.1 Å². The van der Waals surface area contributed by atoms with Crippen molar-refractivity contribution in [1.29, 1.82) is 0 Å². The zero-order valence-corrected chi connectivity index (χ0v) is 20.7. The second-order valence-electron chi connectivity index (χ2n) is 8.28. The predicted octanol–water partition coefficient (Wildman–Crippen LogP) is 6.32. The molecule has 0 spiro atoms. The molecule has 3 N–H and O–H groups in total. The molecule has 38 heavy (non-hydrogen) atoms. The predicted molar refractivity (Wildman–Crippen MR) is 131 cm³/mol. The molecule has 4 nitrogen and oxygen atoms in total. The molecule has 3 atom stereocenters. The van der Waals surface area contributed by atoms with E-state index in [1.54, 1.807) is 30.3 Å². The van der Waals surface area contributed by atoms with E-state index in [1.807, 2.05) is 0 Å². The van der Waals surface area contributed by atoms with Gasteiger partial charge in [0.1, 0.15) is 11.8 Å². The molecule has 3 aromatic rings. The summed E-state index contributed by atoms with van der Waals surface area (Å²) in [5.41, 5.74) is 6.31. The van der Waals surface area contributed by atoms with Crippen LogP contribution in [0.5, 0.6) is 5.75 Å². The summed E-state index contributed by atoms with van der Waals surface area (Å²) in [6.45, 7) is -3.21. The van der Waals surface area contributed by atoms with Crippen LogP contribution in [0.15, 0.2) is 72.8 Å². The normalized spacial score (nSPS) is 13.8. The Morgan fingerprint density at radius 3 is 2.13 bits per heavy atom. The minimum Gasteiger partial charge on any atom is -0.434 e. The SMILES string of the molecule is NC(=O)C(NC(CCc1ccc(C(F)(F)F)cc1)c1ccc(OC(F)F)c(PC(F)F)c1)c1ccccc1. The van der Waals surface area contributed by atoms with Crippen LogP contribution in [0.25, 0.3) is 0 Å². The summed E-state index contributed by atoms with van der Waals surface area (Å²) in [4.78, 5) is 12.3. The topological polar surface area (TPSA) is 64.4 Å². The molecule has 0 aliphatic carbocycles. The maximum atomic E-state index is 13.2. The fourth-order valence-electron chi connectivity index (χ4n) is 3.90. The molecule has 3 unspecified atom stereocenters. The van der Waals surface area contributed by atoms with Gasteiger partial charge in [-0.25, -0.2) is 8.78 Å². The largest absolute Gasteiger partial charge is 0.434 e. The summed E-state index contributed by atoms with van der Waals surface area (Å²) in [6.07, 6.45) is -6.84. The average molecular weight is 560 g/mol. The number of benzene rings is 3. The molecule has 3 rings (SSSR count). The molecule has 0 aliphatic heterocycles. The van der Waals surface area contributed by atoms with Gasteiger partial charge in [0, 0.05) is 11.3 Å². The van der Waals surface area contributed by atoms with Gasteiger partial charge in [-0.3, -0.25) is 10.1 Å². The molecule has 0 heterocycles. The number of carbonyl (C=O) groups is 1. The molecule has 0 aromatic heterocycles. The number of amides is 1. The number of ether oxygens (including phenoxy) is 1. The van der Waals surface area contributed by atoms with Crippen molar-refractivity contribution in [3.8, 4) is 5.75 Å². The summed E-state index contributed by atoms with van der Waals surface area (Å²) in [6, 6.07) is 15.2. The van der Waals surface area contributed by atoms with Crippen LogP contribution in [0, 0.1) is 0 Å². The van der Waals surface area contributed by atoms with Crippen LogP contribution in [-0.2, 0) is 17.4 Å². The van der Waals surface area contributed by atoms with Crippen molar-refractivity contribution in [2.75, 3.05) is 0 Å². The van der Waals surface area contributed by atoms with E-state index >= 15 is 0 Å². The van der Waals surface area contributed by atoms with Gasteiger partial charge in [0.25, 0.3) is 6.17 Å². The van der Waals surface area contributed by atoms with Crippen molar-refractivity contribution < 1.29 is 40.3 Å². The molecule has 0 bridgehead atoms. The van der Waals surface area contributed by atoms with E-state index in [0.29, 0.717) is 16.7 Å². The van der Waals surface area contributed by atoms with E-state index in [1.165, 1.54) is 24.3 Å². The van der Waals surface area contributed by atoms with Crippen molar-refractivity contribution in [2.24, 2.45) is 5.73 Å². The van der Waals surface area contributed by atoms with Crippen molar-refractivity contribution in [2.45, 2.75) is 43.9 Å². The van der Waals surface area contributed by atoms with Crippen LogP contribution in [0.3, 0.4) is 0 Å². The zero-order chi connectivity index (χ0) is 27.9. The Hall–Kier alpha value is -3.17. The number of carbonyl (C=O) groups excluding carboxylic acids is 1. The highest BCUT2D eigenvalue weighted by Crippen LogP contribution is 2.32. The van der Waals surface area contributed by atoms with Crippen molar-refractivity contribution in [3.63, 3.8) is 0 Å².